The molecule has 1 aromatic heterocycles. The van der Waals surface area contributed by atoms with E-state index in [0.717, 1.165) is 16.3 Å². The first-order valence-electron chi connectivity index (χ1n) is 6.16. The second kappa shape index (κ2) is 5.43. The first-order valence-corrected chi connectivity index (χ1v) is 7.73. The number of hydrogen-bond acceptors (Lipinski definition) is 3. The van der Waals surface area contributed by atoms with Crippen LogP contribution in [0.15, 0.2) is 36.4 Å². The van der Waals surface area contributed by atoms with E-state index in [1.54, 1.807) is 0 Å². The van der Waals surface area contributed by atoms with Crippen LogP contribution in [0.2, 0.25) is 8.67 Å². The van der Waals surface area contributed by atoms with Gasteiger partial charge in [0.2, 0.25) is 0 Å². The van der Waals surface area contributed by atoms with Crippen LogP contribution in [0.1, 0.15) is 29.5 Å². The minimum Gasteiger partial charge on any atom is -0.271 e. The maximum absolute atomic E-state index is 6.22. The molecule has 100 valence electrons. The highest BCUT2D eigenvalue weighted by Gasteiger charge is 2.44. The topological polar surface area (TPSA) is 38.0 Å². The zero-order valence-corrected chi connectivity index (χ0v) is 12.5. The van der Waals surface area contributed by atoms with E-state index < -0.39 is 0 Å². The van der Waals surface area contributed by atoms with Crippen LogP contribution in [0.3, 0.4) is 0 Å². The van der Waals surface area contributed by atoms with Crippen LogP contribution >= 0.6 is 34.5 Å². The Morgan fingerprint density at radius 1 is 1.26 bits per heavy atom. The van der Waals surface area contributed by atoms with E-state index in [1.165, 1.54) is 16.9 Å². The Kier molecular flexibility index (Phi) is 3.83. The quantitative estimate of drug-likeness (QED) is 0.650. The van der Waals surface area contributed by atoms with E-state index in [1.807, 2.05) is 12.1 Å². The molecular formula is C14H14Cl2N2S. The summed E-state index contributed by atoms with van der Waals surface area (Å²) in [6.07, 6.45) is 1.13. The standard InChI is InChI=1S/C14H14Cl2N2S/c15-12-7-11(14(16)19-12)13(18-17)10-6-9(10)8-4-2-1-3-5-8/h1-5,7,9-10,13,18H,6,17H2. The van der Waals surface area contributed by atoms with Gasteiger partial charge in [-0.2, -0.15) is 0 Å². The Morgan fingerprint density at radius 3 is 2.58 bits per heavy atom. The molecular weight excluding hydrogens is 299 g/mol. The summed E-state index contributed by atoms with van der Waals surface area (Å²) in [5.41, 5.74) is 5.28. The fourth-order valence-corrected chi connectivity index (χ4v) is 4.23. The Labute approximate surface area is 126 Å². The summed E-state index contributed by atoms with van der Waals surface area (Å²) in [6, 6.07) is 12.5. The molecule has 1 aliphatic rings. The molecule has 2 aromatic rings. The lowest BCUT2D eigenvalue weighted by atomic mass is 10.0. The maximum atomic E-state index is 6.22. The fraction of sp³-hybridized carbons (Fsp3) is 0.286. The van der Waals surface area contributed by atoms with Gasteiger partial charge in [-0.25, -0.2) is 0 Å². The highest BCUT2D eigenvalue weighted by Crippen LogP contribution is 2.55. The Hall–Kier alpha value is -0.580. The van der Waals surface area contributed by atoms with Gasteiger partial charge in [0, 0.05) is 5.56 Å². The predicted molar refractivity (Wildman–Crippen MR) is 81.7 cm³/mol. The number of hydrogen-bond donors (Lipinski definition) is 2. The third-order valence-electron chi connectivity index (χ3n) is 3.69. The SMILES string of the molecule is NNC(c1cc(Cl)sc1Cl)C1CC1c1ccccc1. The molecule has 0 saturated heterocycles. The average Bonchev–Trinajstić information content (AvgIpc) is 3.12. The Balaban J connectivity index is 1.81. The van der Waals surface area contributed by atoms with Gasteiger partial charge < -0.3 is 0 Å². The Bertz CT molecular complexity index is 570. The van der Waals surface area contributed by atoms with Gasteiger partial charge in [0.05, 0.1) is 14.7 Å². The molecule has 19 heavy (non-hydrogen) atoms. The lowest BCUT2D eigenvalue weighted by molar-refractivity contribution is 0.489. The van der Waals surface area contributed by atoms with E-state index in [4.69, 9.17) is 29.0 Å². The second-order valence-corrected chi connectivity index (χ2v) is 7.13. The van der Waals surface area contributed by atoms with Crippen molar-refractivity contribution in [3.05, 3.63) is 56.2 Å². The number of nitrogens with two attached hydrogens (primary N) is 1. The lowest BCUT2D eigenvalue weighted by Gasteiger charge is -2.15. The van der Waals surface area contributed by atoms with Gasteiger partial charge in [0.25, 0.3) is 0 Å². The molecule has 0 aliphatic heterocycles. The molecule has 1 aliphatic carbocycles. The van der Waals surface area contributed by atoms with Gasteiger partial charge in [0.1, 0.15) is 0 Å². The second-order valence-electron chi connectivity index (χ2n) is 4.84. The molecule has 0 bridgehead atoms. The average molecular weight is 313 g/mol. The number of halogens is 2. The summed E-state index contributed by atoms with van der Waals surface area (Å²) in [6.45, 7) is 0. The molecule has 0 radical (unpaired) electrons. The molecule has 3 unspecified atom stereocenters. The van der Waals surface area contributed by atoms with E-state index >= 15 is 0 Å². The monoisotopic (exact) mass is 312 g/mol. The van der Waals surface area contributed by atoms with Crippen molar-refractivity contribution in [2.45, 2.75) is 18.4 Å². The summed E-state index contributed by atoms with van der Waals surface area (Å²) in [7, 11) is 0. The number of hydrazine groups is 1. The van der Waals surface area contributed by atoms with Crippen LogP contribution < -0.4 is 11.3 Å². The molecule has 2 nitrogen and oxygen atoms in total. The van der Waals surface area contributed by atoms with Crippen molar-refractivity contribution in [2.24, 2.45) is 11.8 Å². The number of rotatable bonds is 4. The number of nitrogens with one attached hydrogen (secondary N) is 1. The van der Waals surface area contributed by atoms with Crippen LogP contribution in [0.5, 0.6) is 0 Å². The molecule has 3 atom stereocenters. The van der Waals surface area contributed by atoms with Gasteiger partial charge >= 0.3 is 0 Å². The zero-order valence-electron chi connectivity index (χ0n) is 10.1. The van der Waals surface area contributed by atoms with Crippen LogP contribution in [0.25, 0.3) is 0 Å². The minimum atomic E-state index is 0.0708. The van der Waals surface area contributed by atoms with Gasteiger partial charge in [-0.15, -0.1) is 11.3 Å². The fourth-order valence-electron chi connectivity index (χ4n) is 2.68. The smallest absolute Gasteiger partial charge is 0.0992 e. The predicted octanol–water partition coefficient (Wildman–Crippen LogP) is 4.36. The summed E-state index contributed by atoms with van der Waals surface area (Å²) in [5.74, 6) is 6.75. The molecule has 1 fully saturated rings. The van der Waals surface area contributed by atoms with Gasteiger partial charge in [-0.05, 0) is 29.9 Å². The highest BCUT2D eigenvalue weighted by atomic mass is 35.5. The first kappa shape index (κ1) is 13.4. The molecule has 1 heterocycles. The first-order chi connectivity index (χ1) is 9.20. The third-order valence-corrected chi connectivity index (χ3v) is 5.21. The van der Waals surface area contributed by atoms with Gasteiger partial charge in [-0.3, -0.25) is 11.3 Å². The van der Waals surface area contributed by atoms with Gasteiger partial charge in [-0.1, -0.05) is 53.5 Å². The van der Waals surface area contributed by atoms with Crippen molar-refractivity contribution in [1.29, 1.82) is 0 Å². The van der Waals surface area contributed by atoms with Crippen molar-refractivity contribution in [3.63, 3.8) is 0 Å². The summed E-state index contributed by atoms with van der Waals surface area (Å²) < 4.78 is 1.43. The third kappa shape index (κ3) is 2.67. The van der Waals surface area contributed by atoms with Crippen molar-refractivity contribution in [1.82, 2.24) is 5.43 Å². The van der Waals surface area contributed by atoms with Crippen molar-refractivity contribution < 1.29 is 0 Å². The van der Waals surface area contributed by atoms with E-state index in [9.17, 15) is 0 Å². The van der Waals surface area contributed by atoms with Gasteiger partial charge in [0.15, 0.2) is 0 Å². The molecule has 5 heteroatoms. The lowest BCUT2D eigenvalue weighted by Crippen LogP contribution is -2.29. The largest absolute Gasteiger partial charge is 0.271 e. The van der Waals surface area contributed by atoms with E-state index in [-0.39, 0.29) is 6.04 Å². The van der Waals surface area contributed by atoms with E-state index in [0.29, 0.717) is 16.2 Å². The molecule has 1 aromatic carbocycles. The zero-order chi connectivity index (χ0) is 13.4. The van der Waals surface area contributed by atoms with Crippen molar-refractivity contribution in [3.8, 4) is 0 Å². The summed E-state index contributed by atoms with van der Waals surface area (Å²) in [5, 5.41) is 0. The number of thiophene rings is 1. The maximum Gasteiger partial charge on any atom is 0.0992 e. The molecule has 1 saturated carbocycles. The summed E-state index contributed by atoms with van der Waals surface area (Å²) in [4.78, 5) is 0. The molecule has 0 spiro atoms. The van der Waals surface area contributed by atoms with E-state index in [2.05, 4.69) is 29.7 Å². The highest BCUT2D eigenvalue weighted by molar-refractivity contribution is 7.20. The van der Waals surface area contributed by atoms with Crippen LogP contribution in [0.4, 0.5) is 0 Å². The normalized spacial score (nSPS) is 23.3. The van der Waals surface area contributed by atoms with Crippen LogP contribution in [-0.2, 0) is 0 Å². The molecule has 3 rings (SSSR count). The van der Waals surface area contributed by atoms with Crippen molar-refractivity contribution in [2.75, 3.05) is 0 Å². The van der Waals surface area contributed by atoms with Crippen LogP contribution in [0, 0.1) is 5.92 Å². The van der Waals surface area contributed by atoms with Crippen LogP contribution in [-0.4, -0.2) is 0 Å². The minimum absolute atomic E-state index is 0.0708. The number of benzene rings is 1. The summed E-state index contributed by atoms with van der Waals surface area (Å²) >= 11 is 13.6. The molecule has 0 amide bonds. The van der Waals surface area contributed by atoms with Crippen molar-refractivity contribution >= 4 is 34.5 Å². The molecule has 3 N–H and O–H groups in total. The Morgan fingerprint density at radius 2 is 2.00 bits per heavy atom.